The van der Waals surface area contributed by atoms with Crippen molar-refractivity contribution in [3.63, 3.8) is 0 Å². The molecule has 0 aliphatic carbocycles. The molecule has 0 heterocycles. The first-order valence-corrected chi connectivity index (χ1v) is 6.45. The van der Waals surface area contributed by atoms with E-state index in [0.29, 0.717) is 5.69 Å². The molecule has 2 aromatic carbocycles. The Balaban J connectivity index is 2.14. The van der Waals surface area contributed by atoms with Gasteiger partial charge < -0.3 is 15.7 Å². The second kappa shape index (κ2) is 6.09. The molecule has 0 fully saturated rings. The summed E-state index contributed by atoms with van der Waals surface area (Å²) in [6.07, 6.45) is 0. The second-order valence-electron chi connectivity index (χ2n) is 4.75. The number of carboxylic acids is 1. The fraction of sp³-hybridized carbons (Fsp3) is 0.125. The predicted octanol–water partition coefficient (Wildman–Crippen LogP) is 3.65. The molecule has 5 heteroatoms. The van der Waals surface area contributed by atoms with E-state index in [1.165, 1.54) is 6.07 Å². The number of hydrogen-bond donors (Lipinski definition) is 3. The van der Waals surface area contributed by atoms with E-state index in [1.54, 1.807) is 18.2 Å². The Bertz CT molecular complexity index is 696. The molecule has 0 aliphatic heterocycles. The van der Waals surface area contributed by atoms with Crippen molar-refractivity contribution in [2.45, 2.75) is 13.8 Å². The molecule has 0 bridgehead atoms. The van der Waals surface area contributed by atoms with Gasteiger partial charge in [-0.15, -0.1) is 0 Å². The summed E-state index contributed by atoms with van der Waals surface area (Å²) in [7, 11) is 0. The summed E-state index contributed by atoms with van der Waals surface area (Å²) < 4.78 is 0. The molecule has 0 atom stereocenters. The van der Waals surface area contributed by atoms with E-state index in [1.807, 2.05) is 32.0 Å². The number of carbonyl (C=O) groups is 2. The minimum Gasteiger partial charge on any atom is -0.478 e. The summed E-state index contributed by atoms with van der Waals surface area (Å²) in [5.74, 6) is -1.09. The van der Waals surface area contributed by atoms with Gasteiger partial charge in [0.25, 0.3) is 0 Å². The standard InChI is InChI=1S/C16H16N2O3/c1-10-7-8-13(11(2)9-10)17-16(21)18-14-6-4-3-5-12(14)15(19)20/h3-9H,1-2H3,(H,19,20)(H2,17,18,21). The SMILES string of the molecule is Cc1ccc(NC(=O)Nc2ccccc2C(=O)O)c(C)c1. The van der Waals surface area contributed by atoms with E-state index in [4.69, 9.17) is 5.11 Å². The lowest BCUT2D eigenvalue weighted by molar-refractivity contribution is 0.0698. The number of para-hydroxylation sites is 1. The van der Waals surface area contributed by atoms with Crippen LogP contribution < -0.4 is 10.6 Å². The van der Waals surface area contributed by atoms with Gasteiger partial charge in [-0.25, -0.2) is 9.59 Å². The number of urea groups is 1. The lowest BCUT2D eigenvalue weighted by Crippen LogP contribution is -2.21. The van der Waals surface area contributed by atoms with Crippen molar-refractivity contribution >= 4 is 23.4 Å². The van der Waals surface area contributed by atoms with Gasteiger partial charge in [0.1, 0.15) is 0 Å². The first-order valence-electron chi connectivity index (χ1n) is 6.45. The molecule has 2 rings (SSSR count). The van der Waals surface area contributed by atoms with Crippen molar-refractivity contribution in [1.29, 1.82) is 0 Å². The number of aromatic carboxylic acids is 1. The van der Waals surface area contributed by atoms with Crippen LogP contribution in [-0.2, 0) is 0 Å². The van der Waals surface area contributed by atoms with Crippen molar-refractivity contribution in [2.24, 2.45) is 0 Å². The first kappa shape index (κ1) is 14.6. The van der Waals surface area contributed by atoms with Crippen LogP contribution in [0.5, 0.6) is 0 Å². The first-order chi connectivity index (χ1) is 9.97. The van der Waals surface area contributed by atoms with Crippen LogP contribution in [0.3, 0.4) is 0 Å². The number of rotatable bonds is 3. The zero-order chi connectivity index (χ0) is 15.4. The molecule has 0 unspecified atom stereocenters. The van der Waals surface area contributed by atoms with Gasteiger partial charge in [0.15, 0.2) is 0 Å². The van der Waals surface area contributed by atoms with Crippen molar-refractivity contribution in [3.8, 4) is 0 Å². The summed E-state index contributed by atoms with van der Waals surface area (Å²) >= 11 is 0. The van der Waals surface area contributed by atoms with Gasteiger partial charge in [-0.3, -0.25) is 0 Å². The minimum absolute atomic E-state index is 0.0493. The maximum Gasteiger partial charge on any atom is 0.337 e. The average molecular weight is 284 g/mol. The van der Waals surface area contributed by atoms with Crippen LogP contribution in [0, 0.1) is 13.8 Å². The third-order valence-corrected chi connectivity index (χ3v) is 3.04. The molecule has 0 saturated carbocycles. The Morgan fingerprint density at radius 3 is 2.29 bits per heavy atom. The Labute approximate surface area is 122 Å². The lowest BCUT2D eigenvalue weighted by atomic mass is 10.1. The molecular weight excluding hydrogens is 268 g/mol. The van der Waals surface area contributed by atoms with Crippen LogP contribution in [0.25, 0.3) is 0 Å². The number of carbonyl (C=O) groups excluding carboxylic acids is 1. The lowest BCUT2D eigenvalue weighted by Gasteiger charge is -2.11. The Kier molecular flexibility index (Phi) is 4.23. The summed E-state index contributed by atoms with van der Waals surface area (Å²) in [6, 6.07) is 11.5. The van der Waals surface area contributed by atoms with E-state index in [2.05, 4.69) is 10.6 Å². The molecule has 0 saturated heterocycles. The molecule has 108 valence electrons. The van der Waals surface area contributed by atoms with E-state index < -0.39 is 12.0 Å². The van der Waals surface area contributed by atoms with Crippen molar-refractivity contribution in [3.05, 3.63) is 59.2 Å². The molecule has 21 heavy (non-hydrogen) atoms. The van der Waals surface area contributed by atoms with E-state index in [9.17, 15) is 9.59 Å². The average Bonchev–Trinajstić information content (AvgIpc) is 2.42. The number of benzene rings is 2. The Hall–Kier alpha value is -2.82. The molecule has 2 amide bonds. The number of carboxylic acid groups (broad SMARTS) is 1. The summed E-state index contributed by atoms with van der Waals surface area (Å²) in [5, 5.41) is 14.3. The predicted molar refractivity (Wildman–Crippen MR) is 82.0 cm³/mol. The summed E-state index contributed by atoms with van der Waals surface area (Å²) in [4.78, 5) is 23.1. The van der Waals surface area contributed by atoms with Gasteiger partial charge in [-0.1, -0.05) is 29.8 Å². The van der Waals surface area contributed by atoms with Gasteiger partial charge >= 0.3 is 12.0 Å². The maximum atomic E-state index is 12.0. The zero-order valence-corrected chi connectivity index (χ0v) is 11.8. The summed E-state index contributed by atoms with van der Waals surface area (Å²) in [6.45, 7) is 3.87. The van der Waals surface area contributed by atoms with Gasteiger partial charge in [-0.2, -0.15) is 0 Å². The molecule has 0 aromatic heterocycles. The number of amides is 2. The van der Waals surface area contributed by atoms with Gasteiger partial charge in [0.05, 0.1) is 11.3 Å². The number of anilines is 2. The fourth-order valence-corrected chi connectivity index (χ4v) is 2.01. The van der Waals surface area contributed by atoms with Crippen LogP contribution in [-0.4, -0.2) is 17.1 Å². The highest BCUT2D eigenvalue weighted by Crippen LogP contribution is 2.18. The molecule has 0 spiro atoms. The third kappa shape index (κ3) is 3.60. The highest BCUT2D eigenvalue weighted by molar-refractivity contribution is 6.04. The Morgan fingerprint density at radius 2 is 1.62 bits per heavy atom. The topological polar surface area (TPSA) is 78.4 Å². The quantitative estimate of drug-likeness (QED) is 0.805. The van der Waals surface area contributed by atoms with E-state index in [0.717, 1.165) is 11.1 Å². The van der Waals surface area contributed by atoms with Gasteiger partial charge in [-0.05, 0) is 37.6 Å². The molecule has 3 N–H and O–H groups in total. The molecule has 5 nitrogen and oxygen atoms in total. The number of nitrogens with one attached hydrogen (secondary N) is 2. The third-order valence-electron chi connectivity index (χ3n) is 3.04. The second-order valence-corrected chi connectivity index (χ2v) is 4.75. The molecular formula is C16H16N2O3. The molecule has 0 radical (unpaired) electrons. The molecule has 0 aliphatic rings. The van der Waals surface area contributed by atoms with E-state index >= 15 is 0 Å². The smallest absolute Gasteiger partial charge is 0.337 e. The fourth-order valence-electron chi connectivity index (χ4n) is 2.01. The van der Waals surface area contributed by atoms with Crippen molar-refractivity contribution < 1.29 is 14.7 Å². The van der Waals surface area contributed by atoms with Crippen LogP contribution >= 0.6 is 0 Å². The largest absolute Gasteiger partial charge is 0.478 e. The highest BCUT2D eigenvalue weighted by atomic mass is 16.4. The van der Waals surface area contributed by atoms with E-state index in [-0.39, 0.29) is 11.3 Å². The van der Waals surface area contributed by atoms with Crippen molar-refractivity contribution in [1.82, 2.24) is 0 Å². The normalized spacial score (nSPS) is 10.0. The van der Waals surface area contributed by atoms with Crippen molar-refractivity contribution in [2.75, 3.05) is 10.6 Å². The number of hydrogen-bond acceptors (Lipinski definition) is 2. The van der Waals surface area contributed by atoms with Crippen LogP contribution in [0.4, 0.5) is 16.2 Å². The van der Waals surface area contributed by atoms with Gasteiger partial charge in [0.2, 0.25) is 0 Å². The maximum absolute atomic E-state index is 12.0. The highest BCUT2D eigenvalue weighted by Gasteiger charge is 2.12. The minimum atomic E-state index is -1.09. The molecule has 2 aromatic rings. The van der Waals surface area contributed by atoms with Gasteiger partial charge in [0, 0.05) is 5.69 Å². The van der Waals surface area contributed by atoms with Crippen LogP contribution in [0.2, 0.25) is 0 Å². The van der Waals surface area contributed by atoms with Crippen LogP contribution in [0.1, 0.15) is 21.5 Å². The number of aryl methyl sites for hydroxylation is 2. The Morgan fingerprint density at radius 1 is 0.952 bits per heavy atom. The van der Waals surface area contributed by atoms with Crippen LogP contribution in [0.15, 0.2) is 42.5 Å². The zero-order valence-electron chi connectivity index (χ0n) is 11.8. The monoisotopic (exact) mass is 284 g/mol. The summed E-state index contributed by atoms with van der Waals surface area (Å²) in [5.41, 5.74) is 3.04.